The summed E-state index contributed by atoms with van der Waals surface area (Å²) in [7, 11) is 0. The van der Waals surface area contributed by atoms with Gasteiger partial charge in [-0.25, -0.2) is 4.98 Å². The van der Waals surface area contributed by atoms with E-state index < -0.39 is 6.10 Å². The number of nitrogens with zero attached hydrogens (tertiary/aromatic N) is 1. The van der Waals surface area contributed by atoms with E-state index in [0.717, 1.165) is 16.1 Å². The molecule has 1 amide bonds. The molecule has 1 N–H and O–H groups in total. The highest BCUT2D eigenvalue weighted by Gasteiger charge is 2.15. The highest BCUT2D eigenvalue weighted by atomic mass is 32.1. The van der Waals surface area contributed by atoms with Crippen molar-refractivity contribution in [3.05, 3.63) is 46.5 Å². The topological polar surface area (TPSA) is 51.2 Å². The first-order valence-electron chi connectivity index (χ1n) is 6.46. The molecule has 1 unspecified atom stereocenters. The normalized spacial score (nSPS) is 12.2. The molecule has 106 valence electrons. The first-order chi connectivity index (χ1) is 9.56. The van der Waals surface area contributed by atoms with Gasteiger partial charge in [-0.1, -0.05) is 30.3 Å². The summed E-state index contributed by atoms with van der Waals surface area (Å²) in [4.78, 5) is 17.4. The molecule has 0 fully saturated rings. The van der Waals surface area contributed by atoms with E-state index in [2.05, 4.69) is 10.3 Å². The maximum absolute atomic E-state index is 12.0. The number of amides is 1. The van der Waals surface area contributed by atoms with Crippen molar-refractivity contribution in [2.75, 3.05) is 5.32 Å². The maximum Gasteiger partial charge on any atom is 0.255 e. The Balaban J connectivity index is 1.86. The van der Waals surface area contributed by atoms with Gasteiger partial charge in [0.2, 0.25) is 0 Å². The van der Waals surface area contributed by atoms with Crippen LogP contribution in [0.2, 0.25) is 0 Å². The predicted octanol–water partition coefficient (Wildman–Crippen LogP) is 3.30. The van der Waals surface area contributed by atoms with Gasteiger partial charge in [-0.3, -0.25) is 10.1 Å². The summed E-state index contributed by atoms with van der Waals surface area (Å²) < 4.78 is 5.56. The molecule has 0 bridgehead atoms. The molecule has 2 aromatic rings. The quantitative estimate of drug-likeness (QED) is 0.919. The molecule has 0 saturated carbocycles. The fourth-order valence-corrected chi connectivity index (χ4v) is 2.42. The second-order valence-corrected chi connectivity index (χ2v) is 5.79. The molecule has 0 radical (unpaired) electrons. The van der Waals surface area contributed by atoms with E-state index in [1.165, 1.54) is 11.3 Å². The molecule has 0 saturated heterocycles. The van der Waals surface area contributed by atoms with Gasteiger partial charge in [0.25, 0.3) is 5.91 Å². The summed E-state index contributed by atoms with van der Waals surface area (Å²) >= 11 is 1.48. The van der Waals surface area contributed by atoms with Crippen LogP contribution < -0.4 is 5.32 Å². The summed E-state index contributed by atoms with van der Waals surface area (Å²) in [5.41, 5.74) is 2.00. The van der Waals surface area contributed by atoms with E-state index in [9.17, 15) is 4.79 Å². The third kappa shape index (κ3) is 3.88. The number of thiazole rings is 1. The van der Waals surface area contributed by atoms with Gasteiger partial charge in [0.15, 0.2) is 5.13 Å². The molecule has 0 spiro atoms. The van der Waals surface area contributed by atoms with Crippen LogP contribution in [-0.4, -0.2) is 17.0 Å². The fourth-order valence-electron chi connectivity index (χ4n) is 1.60. The molecule has 0 aliphatic carbocycles. The van der Waals surface area contributed by atoms with Crippen LogP contribution in [0.4, 0.5) is 5.13 Å². The average Bonchev–Trinajstić information content (AvgIpc) is 2.75. The van der Waals surface area contributed by atoms with Gasteiger partial charge in [0, 0.05) is 4.88 Å². The number of hydrogen-bond acceptors (Lipinski definition) is 4. The van der Waals surface area contributed by atoms with Gasteiger partial charge < -0.3 is 4.74 Å². The minimum atomic E-state index is -0.514. The second-order valence-electron chi connectivity index (χ2n) is 4.59. The van der Waals surface area contributed by atoms with Gasteiger partial charge >= 0.3 is 0 Å². The Kier molecular flexibility index (Phi) is 4.87. The molecular formula is C15H18N2O2S. The van der Waals surface area contributed by atoms with E-state index in [1.807, 2.05) is 44.2 Å². The minimum absolute atomic E-state index is 0.172. The Morgan fingerprint density at radius 3 is 2.65 bits per heavy atom. The maximum atomic E-state index is 12.0. The van der Waals surface area contributed by atoms with Crippen LogP contribution in [0.3, 0.4) is 0 Å². The molecule has 0 aliphatic rings. The Labute approximate surface area is 122 Å². The van der Waals surface area contributed by atoms with Crippen LogP contribution in [0.1, 0.15) is 23.1 Å². The van der Waals surface area contributed by atoms with Crippen molar-refractivity contribution < 1.29 is 9.53 Å². The molecule has 0 aliphatic heterocycles. The molecule has 1 heterocycles. The lowest BCUT2D eigenvalue weighted by molar-refractivity contribution is -0.127. The van der Waals surface area contributed by atoms with Gasteiger partial charge in [0.05, 0.1) is 12.3 Å². The van der Waals surface area contributed by atoms with Crippen LogP contribution in [0.15, 0.2) is 30.3 Å². The van der Waals surface area contributed by atoms with Gasteiger partial charge in [-0.15, -0.1) is 11.3 Å². The number of aryl methyl sites for hydroxylation is 2. The Morgan fingerprint density at radius 2 is 2.05 bits per heavy atom. The minimum Gasteiger partial charge on any atom is -0.364 e. The summed E-state index contributed by atoms with van der Waals surface area (Å²) in [5, 5.41) is 3.41. The number of nitrogens with one attached hydrogen (secondary N) is 1. The summed E-state index contributed by atoms with van der Waals surface area (Å²) in [5.74, 6) is -0.172. The van der Waals surface area contributed by atoms with Crippen molar-refractivity contribution in [1.29, 1.82) is 0 Å². The van der Waals surface area contributed by atoms with Crippen LogP contribution in [0.5, 0.6) is 0 Å². The lowest BCUT2D eigenvalue weighted by atomic mass is 10.2. The Bertz CT molecular complexity index is 561. The number of aromatic nitrogens is 1. The number of anilines is 1. The number of carbonyl (C=O) groups excluding carboxylic acids is 1. The highest BCUT2D eigenvalue weighted by molar-refractivity contribution is 7.15. The Morgan fingerprint density at radius 1 is 1.35 bits per heavy atom. The number of rotatable bonds is 5. The molecule has 1 aromatic carbocycles. The largest absolute Gasteiger partial charge is 0.364 e. The standard InChI is InChI=1S/C15H18N2O2S/c1-10-12(3)20-15(16-10)17-14(18)11(2)19-9-13-7-5-4-6-8-13/h4-8,11H,9H2,1-3H3,(H,16,17,18). The SMILES string of the molecule is Cc1nc(NC(=O)C(C)OCc2ccccc2)sc1C. The zero-order valence-electron chi connectivity index (χ0n) is 11.8. The van der Waals surface area contributed by atoms with E-state index >= 15 is 0 Å². The molecule has 20 heavy (non-hydrogen) atoms. The van der Waals surface area contributed by atoms with Crippen molar-refractivity contribution in [3.63, 3.8) is 0 Å². The van der Waals surface area contributed by atoms with Crippen molar-refractivity contribution in [1.82, 2.24) is 4.98 Å². The van der Waals surface area contributed by atoms with Crippen molar-refractivity contribution in [2.24, 2.45) is 0 Å². The first-order valence-corrected chi connectivity index (χ1v) is 7.28. The van der Waals surface area contributed by atoms with Crippen LogP contribution in [0.25, 0.3) is 0 Å². The van der Waals surface area contributed by atoms with E-state index in [1.54, 1.807) is 6.92 Å². The third-order valence-corrected chi connectivity index (χ3v) is 3.96. The van der Waals surface area contributed by atoms with E-state index in [0.29, 0.717) is 11.7 Å². The van der Waals surface area contributed by atoms with Crippen molar-refractivity contribution >= 4 is 22.4 Å². The fraction of sp³-hybridized carbons (Fsp3) is 0.333. The smallest absolute Gasteiger partial charge is 0.255 e. The van der Waals surface area contributed by atoms with Crippen LogP contribution in [-0.2, 0) is 16.1 Å². The predicted molar refractivity (Wildman–Crippen MR) is 80.9 cm³/mol. The molecular weight excluding hydrogens is 272 g/mol. The summed E-state index contributed by atoms with van der Waals surface area (Å²) in [6.07, 6.45) is -0.514. The van der Waals surface area contributed by atoms with Crippen LogP contribution >= 0.6 is 11.3 Å². The number of carbonyl (C=O) groups is 1. The summed E-state index contributed by atoms with van der Waals surface area (Å²) in [6, 6.07) is 9.79. The number of benzene rings is 1. The molecule has 2 rings (SSSR count). The zero-order chi connectivity index (χ0) is 14.5. The first kappa shape index (κ1) is 14.7. The number of ether oxygens (including phenoxy) is 1. The third-order valence-electron chi connectivity index (χ3n) is 2.97. The monoisotopic (exact) mass is 290 g/mol. The van der Waals surface area contributed by atoms with Gasteiger partial charge in [-0.2, -0.15) is 0 Å². The van der Waals surface area contributed by atoms with Crippen molar-refractivity contribution in [2.45, 2.75) is 33.5 Å². The summed E-state index contributed by atoms with van der Waals surface area (Å²) in [6.45, 7) is 6.08. The second kappa shape index (κ2) is 6.63. The van der Waals surface area contributed by atoms with Gasteiger partial charge in [-0.05, 0) is 26.3 Å². The Hall–Kier alpha value is -1.72. The average molecular weight is 290 g/mol. The molecule has 1 atom stereocenters. The van der Waals surface area contributed by atoms with E-state index in [-0.39, 0.29) is 5.91 Å². The lowest BCUT2D eigenvalue weighted by Crippen LogP contribution is -2.27. The lowest BCUT2D eigenvalue weighted by Gasteiger charge is -2.12. The van der Waals surface area contributed by atoms with Crippen LogP contribution in [0, 0.1) is 13.8 Å². The number of hydrogen-bond donors (Lipinski definition) is 1. The van der Waals surface area contributed by atoms with E-state index in [4.69, 9.17) is 4.74 Å². The highest BCUT2D eigenvalue weighted by Crippen LogP contribution is 2.21. The van der Waals surface area contributed by atoms with Crippen molar-refractivity contribution in [3.8, 4) is 0 Å². The molecule has 4 nitrogen and oxygen atoms in total. The molecule has 1 aromatic heterocycles. The van der Waals surface area contributed by atoms with Gasteiger partial charge in [0.1, 0.15) is 6.10 Å². The molecule has 5 heteroatoms. The zero-order valence-corrected chi connectivity index (χ0v) is 12.7.